The van der Waals surface area contributed by atoms with E-state index in [0.717, 1.165) is 34.3 Å². The Bertz CT molecular complexity index is 526. The van der Waals surface area contributed by atoms with Gasteiger partial charge in [-0.3, -0.25) is 0 Å². The Morgan fingerprint density at radius 2 is 1.87 bits per heavy atom. The van der Waals surface area contributed by atoms with Gasteiger partial charge in [0.1, 0.15) is 5.75 Å². The van der Waals surface area contributed by atoms with Crippen molar-refractivity contribution >= 4 is 11.0 Å². The van der Waals surface area contributed by atoms with E-state index in [4.69, 9.17) is 0 Å². The lowest BCUT2D eigenvalue weighted by Crippen LogP contribution is -1.96. The number of rotatable bonds is 1. The average Bonchev–Trinajstić information content (AvgIpc) is 2.67. The van der Waals surface area contributed by atoms with E-state index < -0.39 is 0 Å². The zero-order chi connectivity index (χ0) is 11.2. The molecule has 2 aromatic rings. The van der Waals surface area contributed by atoms with E-state index >= 15 is 0 Å². The van der Waals surface area contributed by atoms with Crippen molar-refractivity contribution in [2.24, 2.45) is 0 Å². The van der Waals surface area contributed by atoms with Crippen LogP contribution < -0.4 is 0 Å². The summed E-state index contributed by atoms with van der Waals surface area (Å²) in [6.45, 7) is 8.89. The molecular weight excluding hydrogens is 188 g/mol. The van der Waals surface area contributed by atoms with Crippen molar-refractivity contribution in [3.05, 3.63) is 23.0 Å². The van der Waals surface area contributed by atoms with E-state index in [2.05, 4.69) is 16.5 Å². The molecule has 0 aliphatic rings. The number of aromatic nitrogens is 2. The lowest BCUT2D eigenvalue weighted by molar-refractivity contribution is 0.467. The molecule has 2 rings (SSSR count). The van der Waals surface area contributed by atoms with Gasteiger partial charge in [-0.05, 0) is 38.8 Å². The van der Waals surface area contributed by atoms with Crippen molar-refractivity contribution in [1.82, 2.24) is 9.55 Å². The van der Waals surface area contributed by atoms with Crippen molar-refractivity contribution in [2.45, 2.75) is 34.2 Å². The molecule has 0 radical (unpaired) electrons. The molecule has 3 heteroatoms. The third kappa shape index (κ3) is 1.23. The molecule has 1 aromatic carbocycles. The Morgan fingerprint density at radius 1 is 1.20 bits per heavy atom. The van der Waals surface area contributed by atoms with Crippen LogP contribution in [0, 0.1) is 20.8 Å². The molecule has 1 aromatic heterocycles. The molecule has 0 bridgehead atoms. The molecular formula is C12H16N2O. The monoisotopic (exact) mass is 204 g/mol. The summed E-state index contributed by atoms with van der Waals surface area (Å²) in [5.74, 6) is 0.376. The lowest BCUT2D eigenvalue weighted by Gasteiger charge is -2.10. The van der Waals surface area contributed by atoms with Gasteiger partial charge in [0.05, 0.1) is 17.4 Å². The molecule has 0 aliphatic heterocycles. The fourth-order valence-electron chi connectivity index (χ4n) is 2.04. The maximum atomic E-state index is 9.92. The Hall–Kier alpha value is -1.51. The van der Waals surface area contributed by atoms with Gasteiger partial charge in [-0.25, -0.2) is 4.98 Å². The first-order valence-corrected chi connectivity index (χ1v) is 5.21. The maximum absolute atomic E-state index is 9.92. The van der Waals surface area contributed by atoms with Gasteiger partial charge in [0.2, 0.25) is 0 Å². The molecule has 0 atom stereocenters. The third-order valence-electron chi connectivity index (χ3n) is 3.16. The Balaban J connectivity index is 2.97. The highest BCUT2D eigenvalue weighted by Crippen LogP contribution is 2.32. The van der Waals surface area contributed by atoms with Crippen molar-refractivity contribution in [3.63, 3.8) is 0 Å². The van der Waals surface area contributed by atoms with Gasteiger partial charge < -0.3 is 9.67 Å². The first-order valence-electron chi connectivity index (χ1n) is 5.21. The molecule has 0 unspecified atom stereocenters. The molecule has 80 valence electrons. The molecule has 0 amide bonds. The summed E-state index contributed by atoms with van der Waals surface area (Å²) in [6.07, 6.45) is 1.84. The van der Waals surface area contributed by atoms with Crippen molar-refractivity contribution < 1.29 is 5.11 Å². The molecule has 0 fully saturated rings. The number of nitrogens with zero attached hydrogens (tertiary/aromatic N) is 2. The SMILES string of the molecule is CCn1cnc2c(C)c(O)c(C)c(C)c21. The van der Waals surface area contributed by atoms with Crippen LogP contribution in [0.25, 0.3) is 11.0 Å². The minimum absolute atomic E-state index is 0.376. The van der Waals surface area contributed by atoms with Gasteiger partial charge in [0.25, 0.3) is 0 Å². The fourth-order valence-corrected chi connectivity index (χ4v) is 2.04. The second-order valence-electron chi connectivity index (χ2n) is 3.95. The van der Waals surface area contributed by atoms with Crippen LogP contribution in [0.4, 0.5) is 0 Å². The average molecular weight is 204 g/mol. The quantitative estimate of drug-likeness (QED) is 0.775. The number of hydrogen-bond donors (Lipinski definition) is 1. The fraction of sp³-hybridized carbons (Fsp3) is 0.417. The van der Waals surface area contributed by atoms with E-state index in [1.165, 1.54) is 0 Å². The predicted molar refractivity (Wildman–Crippen MR) is 61.3 cm³/mol. The van der Waals surface area contributed by atoms with E-state index in [-0.39, 0.29) is 0 Å². The molecule has 1 N–H and O–H groups in total. The number of hydrogen-bond acceptors (Lipinski definition) is 2. The van der Waals surface area contributed by atoms with Crippen molar-refractivity contribution in [2.75, 3.05) is 0 Å². The normalized spacial score (nSPS) is 11.2. The largest absolute Gasteiger partial charge is 0.507 e. The number of imidazole rings is 1. The number of phenols is 1. The highest BCUT2D eigenvalue weighted by molar-refractivity contribution is 5.86. The number of benzene rings is 1. The second-order valence-corrected chi connectivity index (χ2v) is 3.95. The van der Waals surface area contributed by atoms with E-state index in [9.17, 15) is 5.11 Å². The Morgan fingerprint density at radius 3 is 2.47 bits per heavy atom. The maximum Gasteiger partial charge on any atom is 0.123 e. The molecule has 3 nitrogen and oxygen atoms in total. The first kappa shape index (κ1) is 10.0. The first-order chi connectivity index (χ1) is 7.07. The minimum atomic E-state index is 0.376. The number of phenolic OH excluding ortho intramolecular Hbond substituents is 1. The Kier molecular flexibility index (Phi) is 2.18. The van der Waals surface area contributed by atoms with Crippen LogP contribution in [0.5, 0.6) is 5.75 Å². The number of fused-ring (bicyclic) bond motifs is 1. The van der Waals surface area contributed by atoms with Gasteiger partial charge in [0, 0.05) is 12.1 Å². The summed E-state index contributed by atoms with van der Waals surface area (Å²) in [5.41, 5.74) is 5.01. The zero-order valence-electron chi connectivity index (χ0n) is 9.63. The van der Waals surface area contributed by atoms with Gasteiger partial charge in [-0.1, -0.05) is 0 Å². The van der Waals surface area contributed by atoms with Crippen LogP contribution in [-0.4, -0.2) is 14.7 Å². The lowest BCUT2D eigenvalue weighted by atomic mass is 10.0. The molecule has 0 spiro atoms. The zero-order valence-corrected chi connectivity index (χ0v) is 9.63. The van der Waals surface area contributed by atoms with Gasteiger partial charge in [-0.2, -0.15) is 0 Å². The molecule has 0 saturated heterocycles. The van der Waals surface area contributed by atoms with Crippen LogP contribution in [-0.2, 0) is 6.54 Å². The predicted octanol–water partition coefficient (Wildman–Crippen LogP) is 2.69. The van der Waals surface area contributed by atoms with E-state index in [0.29, 0.717) is 5.75 Å². The number of aromatic hydroxyl groups is 1. The van der Waals surface area contributed by atoms with E-state index in [1.54, 1.807) is 0 Å². The Labute approximate surface area is 89.4 Å². The van der Waals surface area contributed by atoms with Crippen LogP contribution in [0.2, 0.25) is 0 Å². The molecule has 0 saturated carbocycles. The summed E-state index contributed by atoms with van der Waals surface area (Å²) < 4.78 is 2.12. The van der Waals surface area contributed by atoms with E-state index in [1.807, 2.05) is 27.1 Å². The highest BCUT2D eigenvalue weighted by atomic mass is 16.3. The summed E-state index contributed by atoms with van der Waals surface area (Å²) in [7, 11) is 0. The summed E-state index contributed by atoms with van der Waals surface area (Å²) >= 11 is 0. The summed E-state index contributed by atoms with van der Waals surface area (Å²) in [4.78, 5) is 4.35. The van der Waals surface area contributed by atoms with Crippen LogP contribution >= 0.6 is 0 Å². The van der Waals surface area contributed by atoms with Crippen molar-refractivity contribution in [3.8, 4) is 5.75 Å². The van der Waals surface area contributed by atoms with Gasteiger partial charge in [0.15, 0.2) is 0 Å². The topological polar surface area (TPSA) is 38.0 Å². The smallest absolute Gasteiger partial charge is 0.123 e. The minimum Gasteiger partial charge on any atom is -0.507 e. The van der Waals surface area contributed by atoms with Gasteiger partial charge >= 0.3 is 0 Å². The van der Waals surface area contributed by atoms with Crippen LogP contribution in [0.15, 0.2) is 6.33 Å². The second kappa shape index (κ2) is 3.26. The number of aryl methyl sites for hydroxylation is 3. The molecule has 15 heavy (non-hydrogen) atoms. The van der Waals surface area contributed by atoms with Crippen molar-refractivity contribution in [1.29, 1.82) is 0 Å². The summed E-state index contributed by atoms with van der Waals surface area (Å²) in [6, 6.07) is 0. The molecule has 0 aliphatic carbocycles. The summed E-state index contributed by atoms with van der Waals surface area (Å²) in [5, 5.41) is 9.92. The standard InChI is InChI=1S/C12H16N2O/c1-5-14-6-13-10-9(4)12(15)8(3)7(2)11(10)14/h6,15H,5H2,1-4H3. The molecule has 1 heterocycles. The highest BCUT2D eigenvalue weighted by Gasteiger charge is 2.14. The third-order valence-corrected chi connectivity index (χ3v) is 3.16. The van der Waals surface area contributed by atoms with Crippen LogP contribution in [0.3, 0.4) is 0 Å². The van der Waals surface area contributed by atoms with Gasteiger partial charge in [-0.15, -0.1) is 0 Å². The van der Waals surface area contributed by atoms with Crippen LogP contribution in [0.1, 0.15) is 23.6 Å².